The number of hydrogen-bond acceptors (Lipinski definition) is 6. The maximum Gasteiger partial charge on any atom is 0.280 e. The Labute approximate surface area is 201 Å². The number of aryl methyl sites for hydroxylation is 1. The molecule has 0 bridgehead atoms. The van der Waals surface area contributed by atoms with Crippen molar-refractivity contribution in [2.24, 2.45) is 5.92 Å². The van der Waals surface area contributed by atoms with Crippen molar-refractivity contribution in [3.63, 3.8) is 0 Å². The Hall–Kier alpha value is -1.81. The minimum atomic E-state index is -3.64. The Kier molecular flexibility index (Phi) is 7.39. The van der Waals surface area contributed by atoms with Crippen LogP contribution in [0.3, 0.4) is 0 Å². The third-order valence-corrected chi connectivity index (χ3v) is 8.36. The molecule has 2 aromatic rings. The van der Waals surface area contributed by atoms with E-state index in [1.54, 1.807) is 46.8 Å². The molecule has 0 saturated heterocycles. The SMILES string of the molecule is Cc1cc(S(=O)(=O)NC(C)(C)C)ccc1-c1sc(C(=O)NCC(C)(C)O)nc1CC1CCC1. The van der Waals surface area contributed by atoms with E-state index in [9.17, 15) is 18.3 Å². The summed E-state index contributed by atoms with van der Waals surface area (Å²) < 4.78 is 28.2. The highest BCUT2D eigenvalue weighted by molar-refractivity contribution is 7.89. The van der Waals surface area contributed by atoms with E-state index < -0.39 is 21.2 Å². The zero-order chi connectivity index (χ0) is 24.6. The number of sulfonamides is 1. The zero-order valence-electron chi connectivity index (χ0n) is 20.3. The van der Waals surface area contributed by atoms with Crippen molar-refractivity contribution >= 4 is 27.3 Å². The second-order valence-corrected chi connectivity index (χ2v) is 13.3. The molecule has 1 fully saturated rings. The molecular formula is C24H35N3O4S2. The minimum absolute atomic E-state index is 0.130. The highest BCUT2D eigenvalue weighted by Crippen LogP contribution is 2.38. The molecule has 182 valence electrons. The molecule has 3 N–H and O–H groups in total. The van der Waals surface area contributed by atoms with Crippen molar-refractivity contribution in [2.75, 3.05) is 6.54 Å². The van der Waals surface area contributed by atoms with Crippen molar-refractivity contribution in [2.45, 2.75) is 83.3 Å². The molecular weight excluding hydrogens is 458 g/mol. The molecule has 9 heteroatoms. The first kappa shape index (κ1) is 25.8. The number of carbonyl (C=O) groups excluding carboxylic acids is 1. The summed E-state index contributed by atoms with van der Waals surface area (Å²) in [7, 11) is -3.64. The first-order valence-electron chi connectivity index (χ1n) is 11.3. The lowest BCUT2D eigenvalue weighted by Gasteiger charge is -2.25. The molecule has 1 saturated carbocycles. The Morgan fingerprint density at radius 1 is 1.21 bits per heavy atom. The Balaban J connectivity index is 1.95. The highest BCUT2D eigenvalue weighted by Gasteiger charge is 2.27. The van der Waals surface area contributed by atoms with Gasteiger partial charge in [-0.25, -0.2) is 18.1 Å². The zero-order valence-corrected chi connectivity index (χ0v) is 21.9. The quantitative estimate of drug-likeness (QED) is 0.514. The van der Waals surface area contributed by atoms with E-state index in [0.717, 1.165) is 41.0 Å². The summed E-state index contributed by atoms with van der Waals surface area (Å²) in [6.07, 6.45) is 4.34. The summed E-state index contributed by atoms with van der Waals surface area (Å²) in [6, 6.07) is 5.09. The molecule has 0 atom stereocenters. The number of nitrogens with one attached hydrogen (secondary N) is 2. The van der Waals surface area contributed by atoms with E-state index in [1.165, 1.54) is 17.8 Å². The number of aromatic nitrogens is 1. The standard InChI is InChI=1S/C24H35N3O4S2/c1-15-12-17(33(30,31)27-23(2,3)4)10-11-18(15)20-19(13-16-8-7-9-16)26-22(32-20)21(28)25-14-24(5,6)29/h10-12,16,27,29H,7-9,13-14H2,1-6H3,(H,25,28). The summed E-state index contributed by atoms with van der Waals surface area (Å²) in [5, 5.41) is 13.0. The van der Waals surface area contributed by atoms with Crippen LogP contribution in [0.5, 0.6) is 0 Å². The number of nitrogens with zero attached hydrogens (tertiary/aromatic N) is 1. The van der Waals surface area contributed by atoms with Gasteiger partial charge in [-0.3, -0.25) is 4.79 Å². The van der Waals surface area contributed by atoms with Gasteiger partial charge in [-0.05, 0) is 77.1 Å². The van der Waals surface area contributed by atoms with E-state index in [2.05, 4.69) is 15.0 Å². The van der Waals surface area contributed by atoms with Gasteiger partial charge in [0, 0.05) is 12.1 Å². The molecule has 0 spiro atoms. The normalized spacial score (nSPS) is 15.4. The topological polar surface area (TPSA) is 108 Å². The smallest absolute Gasteiger partial charge is 0.280 e. The fourth-order valence-electron chi connectivity index (χ4n) is 3.66. The van der Waals surface area contributed by atoms with Crippen LogP contribution in [0.2, 0.25) is 0 Å². The van der Waals surface area contributed by atoms with E-state index in [1.807, 2.05) is 13.0 Å². The number of aliphatic hydroxyl groups is 1. The lowest BCUT2D eigenvalue weighted by Crippen LogP contribution is -2.40. The van der Waals surface area contributed by atoms with E-state index in [0.29, 0.717) is 10.9 Å². The third-order valence-electron chi connectivity index (χ3n) is 5.47. The molecule has 1 aliphatic rings. The molecule has 7 nitrogen and oxygen atoms in total. The number of thiazole rings is 1. The predicted molar refractivity (Wildman–Crippen MR) is 132 cm³/mol. The maximum absolute atomic E-state index is 12.8. The van der Waals surface area contributed by atoms with Crippen molar-refractivity contribution in [3.05, 3.63) is 34.5 Å². The molecule has 1 aromatic heterocycles. The summed E-state index contributed by atoms with van der Waals surface area (Å²) in [6.45, 7) is 10.7. The average Bonchev–Trinajstić information content (AvgIpc) is 3.04. The predicted octanol–water partition coefficient (Wildman–Crippen LogP) is 4.04. The van der Waals surface area contributed by atoms with E-state index in [-0.39, 0.29) is 17.3 Å². The van der Waals surface area contributed by atoms with Gasteiger partial charge < -0.3 is 10.4 Å². The monoisotopic (exact) mass is 493 g/mol. The first-order valence-corrected chi connectivity index (χ1v) is 13.6. The summed E-state index contributed by atoms with van der Waals surface area (Å²) in [5.74, 6) is 0.253. The largest absolute Gasteiger partial charge is 0.389 e. The molecule has 3 rings (SSSR count). The molecule has 0 unspecified atom stereocenters. The van der Waals surface area contributed by atoms with E-state index >= 15 is 0 Å². The summed E-state index contributed by atoms with van der Waals surface area (Å²) in [5.41, 5.74) is 0.991. The van der Waals surface area contributed by atoms with Crippen LogP contribution < -0.4 is 10.0 Å². The van der Waals surface area contributed by atoms with Crippen LogP contribution in [0.4, 0.5) is 0 Å². The van der Waals surface area contributed by atoms with Crippen molar-refractivity contribution in [3.8, 4) is 10.4 Å². The van der Waals surface area contributed by atoms with Crippen LogP contribution in [-0.2, 0) is 16.4 Å². The summed E-state index contributed by atoms with van der Waals surface area (Å²) in [4.78, 5) is 18.5. The van der Waals surface area contributed by atoms with Crippen LogP contribution in [0.25, 0.3) is 10.4 Å². The van der Waals surface area contributed by atoms with Crippen LogP contribution in [0.15, 0.2) is 23.1 Å². The van der Waals surface area contributed by atoms with Crippen molar-refractivity contribution < 1.29 is 18.3 Å². The molecule has 0 radical (unpaired) electrons. The van der Waals surface area contributed by atoms with Gasteiger partial charge in [0.2, 0.25) is 10.0 Å². The van der Waals surface area contributed by atoms with Gasteiger partial charge in [0.25, 0.3) is 5.91 Å². The van der Waals surface area contributed by atoms with Gasteiger partial charge in [0.15, 0.2) is 5.01 Å². The first-order chi connectivity index (χ1) is 15.1. The Morgan fingerprint density at radius 2 is 1.88 bits per heavy atom. The fourth-order valence-corrected chi connectivity index (χ4v) is 6.26. The second kappa shape index (κ2) is 9.44. The van der Waals surface area contributed by atoms with Gasteiger partial charge in [0.1, 0.15) is 0 Å². The van der Waals surface area contributed by atoms with E-state index in [4.69, 9.17) is 0 Å². The fraction of sp³-hybridized carbons (Fsp3) is 0.583. The molecule has 1 aliphatic carbocycles. The maximum atomic E-state index is 12.8. The number of benzene rings is 1. The third kappa shape index (κ3) is 6.85. The molecule has 1 amide bonds. The molecule has 33 heavy (non-hydrogen) atoms. The molecule has 1 heterocycles. The number of amides is 1. The highest BCUT2D eigenvalue weighted by atomic mass is 32.2. The van der Waals surface area contributed by atoms with Crippen molar-refractivity contribution in [1.82, 2.24) is 15.0 Å². The van der Waals surface area contributed by atoms with Gasteiger partial charge in [-0.2, -0.15) is 0 Å². The van der Waals surface area contributed by atoms with Crippen LogP contribution >= 0.6 is 11.3 Å². The van der Waals surface area contributed by atoms with Crippen molar-refractivity contribution in [1.29, 1.82) is 0 Å². The van der Waals surface area contributed by atoms with Crippen LogP contribution in [0.1, 0.15) is 74.9 Å². The molecule has 0 aliphatic heterocycles. The second-order valence-electron chi connectivity index (χ2n) is 10.6. The number of rotatable bonds is 8. The Morgan fingerprint density at radius 3 is 2.39 bits per heavy atom. The molecule has 1 aromatic carbocycles. The van der Waals surface area contributed by atoms with Gasteiger partial charge in [-0.1, -0.05) is 25.3 Å². The van der Waals surface area contributed by atoms with Gasteiger partial charge >= 0.3 is 0 Å². The van der Waals surface area contributed by atoms with Gasteiger partial charge in [0.05, 0.1) is 21.1 Å². The average molecular weight is 494 g/mol. The lowest BCUT2D eigenvalue weighted by atomic mass is 9.81. The minimum Gasteiger partial charge on any atom is -0.389 e. The van der Waals surface area contributed by atoms with Gasteiger partial charge in [-0.15, -0.1) is 11.3 Å². The summed E-state index contributed by atoms with van der Waals surface area (Å²) >= 11 is 1.32. The number of hydrogen-bond donors (Lipinski definition) is 3. The number of carbonyl (C=O) groups is 1. The Bertz CT molecular complexity index is 1120. The lowest BCUT2D eigenvalue weighted by molar-refractivity contribution is 0.0694. The van der Waals surface area contributed by atoms with Crippen LogP contribution in [-0.4, -0.2) is 42.1 Å². The van der Waals surface area contributed by atoms with Crippen LogP contribution in [0, 0.1) is 12.8 Å².